The summed E-state index contributed by atoms with van der Waals surface area (Å²) >= 11 is 0. The minimum absolute atomic E-state index is 0.119. The number of para-hydroxylation sites is 1. The van der Waals surface area contributed by atoms with Crippen molar-refractivity contribution in [2.24, 2.45) is 4.99 Å². The molecule has 3 rings (SSSR count). The number of H-pyrrole nitrogens is 1. The molecule has 0 spiro atoms. The van der Waals surface area contributed by atoms with Gasteiger partial charge in [-0.05, 0) is 46.8 Å². The van der Waals surface area contributed by atoms with Crippen molar-refractivity contribution in [3.63, 3.8) is 0 Å². The molecule has 1 saturated heterocycles. The number of halogens is 2. The second-order valence-electron chi connectivity index (χ2n) is 9.37. The van der Waals surface area contributed by atoms with Gasteiger partial charge < -0.3 is 19.1 Å². The molecule has 1 aromatic carbocycles. The molecule has 7 atom stereocenters. The van der Waals surface area contributed by atoms with Crippen LogP contribution in [0.3, 0.4) is 0 Å². The number of alkyl halides is 1. The molecular weight excluding hydrogens is 543 g/mol. The fourth-order valence-electron chi connectivity index (χ4n) is 3.73. The number of aromatic amines is 1. The van der Waals surface area contributed by atoms with Crippen LogP contribution in [0.25, 0.3) is 0 Å². The van der Waals surface area contributed by atoms with Gasteiger partial charge in [-0.15, -0.1) is 0 Å². The van der Waals surface area contributed by atoms with Crippen LogP contribution in [0, 0.1) is 5.82 Å². The maximum absolute atomic E-state index is 15.6. The minimum Gasteiger partial charge on any atom is -0.461 e. The van der Waals surface area contributed by atoms with Crippen LogP contribution in [0.5, 0.6) is 5.75 Å². The molecule has 2 N–H and O–H groups in total. The van der Waals surface area contributed by atoms with Crippen molar-refractivity contribution >= 4 is 19.5 Å². The number of nitrogens with one attached hydrogen (secondary N) is 1. The van der Waals surface area contributed by atoms with Crippen molar-refractivity contribution in [1.82, 2.24) is 9.55 Å². The van der Waals surface area contributed by atoms with Crippen LogP contribution in [0.4, 0.5) is 8.78 Å². The highest BCUT2D eigenvalue weighted by Crippen LogP contribution is 2.50. The molecule has 2 heterocycles. The van der Waals surface area contributed by atoms with E-state index in [-0.39, 0.29) is 5.75 Å². The van der Waals surface area contributed by atoms with Gasteiger partial charge in [0, 0.05) is 0 Å². The zero-order valence-electron chi connectivity index (χ0n) is 21.8. The molecule has 0 radical (unpaired) electrons. The van der Waals surface area contributed by atoms with Gasteiger partial charge in [-0.25, -0.2) is 18.5 Å². The van der Waals surface area contributed by atoms with E-state index in [2.05, 4.69) is 4.99 Å². The van der Waals surface area contributed by atoms with E-state index in [1.807, 2.05) is 0 Å². The quantitative estimate of drug-likeness (QED) is 0.248. The lowest BCUT2D eigenvalue weighted by molar-refractivity contribution is -0.148. The predicted octanol–water partition coefficient (Wildman–Crippen LogP) is 2.71. The van der Waals surface area contributed by atoms with Crippen LogP contribution in [0.2, 0.25) is 0 Å². The summed E-state index contributed by atoms with van der Waals surface area (Å²) in [7, 11) is -4.35. The summed E-state index contributed by atoms with van der Waals surface area (Å²) in [6.45, 7) is 6.91. The van der Waals surface area contributed by atoms with Gasteiger partial charge in [-0.3, -0.25) is 23.9 Å². The van der Waals surface area contributed by atoms with Gasteiger partial charge in [-0.1, -0.05) is 18.2 Å². The highest BCUT2D eigenvalue weighted by Gasteiger charge is 2.57. The van der Waals surface area contributed by atoms with E-state index >= 15 is 4.39 Å². The van der Waals surface area contributed by atoms with E-state index in [1.54, 1.807) is 37.0 Å². The van der Waals surface area contributed by atoms with E-state index in [4.69, 9.17) is 18.5 Å². The standard InChI is InChI=1S/C24H30F2N3O9P/c1-13(2)35-21(32)14(3)27-12-39(34,38-16-9-7-6-8-10-16)37-15(4)18-19(30)24(5,26)22(36-18)29-11-17(25)20(31)28-23(29)33/h6-15,18-19,22,30H,1-5H3,(H,28,31,33)/b27-12+/t14-,15-,18+,19-,22+,24?,39?/m0/s1. The van der Waals surface area contributed by atoms with Gasteiger partial charge >= 0.3 is 19.3 Å². The molecule has 1 aliphatic heterocycles. The Labute approximate surface area is 222 Å². The number of carbonyl (C=O) groups is 1. The summed E-state index contributed by atoms with van der Waals surface area (Å²) in [4.78, 5) is 41.4. The average molecular weight is 573 g/mol. The largest absolute Gasteiger partial charge is 0.461 e. The summed E-state index contributed by atoms with van der Waals surface area (Å²) in [5.41, 5.74) is -5.16. The summed E-state index contributed by atoms with van der Waals surface area (Å²) in [6.07, 6.45) is -6.69. The normalized spacial score (nSPS) is 26.3. The second-order valence-corrected chi connectivity index (χ2v) is 11.1. The van der Waals surface area contributed by atoms with Crippen LogP contribution in [-0.2, 0) is 23.4 Å². The zero-order valence-corrected chi connectivity index (χ0v) is 22.7. The average Bonchev–Trinajstić information content (AvgIpc) is 3.08. The molecule has 1 aliphatic rings. The Balaban J connectivity index is 1.89. The Kier molecular flexibility index (Phi) is 9.27. The van der Waals surface area contributed by atoms with Crippen LogP contribution in [-0.4, -0.2) is 62.7 Å². The van der Waals surface area contributed by atoms with Crippen LogP contribution in [0.15, 0.2) is 51.1 Å². The number of aliphatic hydroxyl groups is 1. The van der Waals surface area contributed by atoms with Crippen molar-refractivity contribution < 1.29 is 41.8 Å². The van der Waals surface area contributed by atoms with Crippen LogP contribution < -0.4 is 15.8 Å². The predicted molar refractivity (Wildman–Crippen MR) is 135 cm³/mol. The summed E-state index contributed by atoms with van der Waals surface area (Å²) in [6, 6.07) is 6.79. The Bertz CT molecular complexity index is 1360. The fourth-order valence-corrected chi connectivity index (χ4v) is 5.24. The summed E-state index contributed by atoms with van der Waals surface area (Å²) in [5, 5.41) is 10.7. The van der Waals surface area contributed by atoms with Crippen molar-refractivity contribution in [3.8, 4) is 5.75 Å². The fraction of sp³-hybridized carbons (Fsp3) is 0.500. The van der Waals surface area contributed by atoms with Crippen molar-refractivity contribution in [2.75, 3.05) is 0 Å². The van der Waals surface area contributed by atoms with Gasteiger partial charge in [-0.2, -0.15) is 4.39 Å². The smallest absolute Gasteiger partial charge is 0.421 e. The maximum atomic E-state index is 15.6. The minimum atomic E-state index is -4.35. The molecule has 2 unspecified atom stereocenters. The molecule has 0 aliphatic carbocycles. The number of nitrogens with zero attached hydrogens (tertiary/aromatic N) is 2. The number of benzene rings is 1. The van der Waals surface area contributed by atoms with Crippen molar-refractivity contribution in [2.45, 2.75) is 77.0 Å². The monoisotopic (exact) mass is 573 g/mol. The van der Waals surface area contributed by atoms with E-state index in [1.165, 1.54) is 26.0 Å². The molecule has 1 aromatic heterocycles. The maximum Gasteiger partial charge on any atom is 0.421 e. The summed E-state index contributed by atoms with van der Waals surface area (Å²) < 4.78 is 65.5. The van der Waals surface area contributed by atoms with E-state index in [9.17, 15) is 28.4 Å². The van der Waals surface area contributed by atoms with E-state index in [0.29, 0.717) is 10.8 Å². The number of carbonyl (C=O) groups excluding carboxylic acids is 1. The molecule has 12 nitrogen and oxygen atoms in total. The van der Waals surface area contributed by atoms with Crippen molar-refractivity contribution in [3.05, 3.63) is 63.2 Å². The number of aliphatic imine (C=N–C) groups is 1. The second kappa shape index (κ2) is 11.9. The molecule has 214 valence electrons. The highest BCUT2D eigenvalue weighted by atomic mass is 31.2. The molecule has 0 saturated carbocycles. The van der Waals surface area contributed by atoms with Crippen molar-refractivity contribution in [1.29, 1.82) is 0 Å². The first-order valence-corrected chi connectivity index (χ1v) is 13.6. The van der Waals surface area contributed by atoms with E-state index in [0.717, 1.165) is 12.9 Å². The number of aromatic nitrogens is 2. The van der Waals surface area contributed by atoms with Gasteiger partial charge in [0.05, 0.1) is 18.4 Å². The lowest BCUT2D eigenvalue weighted by Gasteiger charge is -2.26. The molecule has 0 bridgehead atoms. The van der Waals surface area contributed by atoms with Crippen LogP contribution in [0.1, 0.15) is 40.8 Å². The van der Waals surface area contributed by atoms with Gasteiger partial charge in [0.1, 0.15) is 30.0 Å². The summed E-state index contributed by atoms with van der Waals surface area (Å²) in [5.74, 6) is -1.14. The third-order valence-electron chi connectivity index (χ3n) is 5.71. The first kappa shape index (κ1) is 30.4. The molecule has 0 amide bonds. The van der Waals surface area contributed by atoms with Crippen LogP contribution >= 0.6 is 7.60 Å². The molecular formula is C24H30F2N3O9P. The molecule has 39 heavy (non-hydrogen) atoms. The van der Waals surface area contributed by atoms with E-state index < -0.39 is 73.0 Å². The SMILES string of the molecule is CC(C)OC(=O)[C@H](C)/N=C/P(=O)(Oc1ccccc1)O[C@@H](C)[C@H]1O[C@@H](n2cc(F)c(=O)[nH]c2=O)C(C)(F)[C@H]1O. The Hall–Kier alpha value is -3.19. The number of hydrogen-bond donors (Lipinski definition) is 2. The lowest BCUT2D eigenvalue weighted by Crippen LogP contribution is -2.45. The number of rotatable bonds is 10. The topological polar surface area (TPSA) is 159 Å². The van der Waals surface area contributed by atoms with Gasteiger partial charge in [0.25, 0.3) is 5.56 Å². The number of ether oxygens (including phenoxy) is 2. The Morgan fingerprint density at radius 3 is 2.51 bits per heavy atom. The number of esters is 1. The molecule has 2 aromatic rings. The first-order valence-electron chi connectivity index (χ1n) is 12.0. The first-order chi connectivity index (χ1) is 18.1. The number of hydrogen-bond acceptors (Lipinski definition) is 10. The lowest BCUT2D eigenvalue weighted by atomic mass is 9.96. The number of aliphatic hydroxyl groups excluding tert-OH is 1. The molecule has 1 fully saturated rings. The Morgan fingerprint density at radius 2 is 1.90 bits per heavy atom. The zero-order chi connectivity index (χ0) is 29.1. The highest BCUT2D eigenvalue weighted by molar-refractivity contribution is 7.70. The van der Waals surface area contributed by atoms with Gasteiger partial charge in [0.15, 0.2) is 11.9 Å². The third kappa shape index (κ3) is 7.07. The third-order valence-corrected chi connectivity index (χ3v) is 7.22. The Morgan fingerprint density at radius 1 is 1.26 bits per heavy atom. The van der Waals surface area contributed by atoms with Gasteiger partial charge in [0.2, 0.25) is 5.82 Å². The molecule has 15 heteroatoms.